The molecule has 3 rings (SSSR count). The standard InChI is InChI=1S/C14H21N5O2/c1-9-4-12(15-2)17-14(16-9)19-5-10-7-21-8-11(6-19)18(3)13(10)20/h4,10-11H,5-8H2,1-3H3,(H,15,16,17)/t10-,11+/m1/s1. The first-order valence-corrected chi connectivity index (χ1v) is 7.21. The van der Waals surface area contributed by atoms with Crippen LogP contribution < -0.4 is 10.2 Å². The summed E-state index contributed by atoms with van der Waals surface area (Å²) in [6, 6.07) is 1.95. The van der Waals surface area contributed by atoms with Crippen molar-refractivity contribution in [1.29, 1.82) is 0 Å². The van der Waals surface area contributed by atoms with E-state index in [1.807, 2.05) is 32.0 Å². The van der Waals surface area contributed by atoms with E-state index in [1.165, 1.54) is 0 Å². The molecule has 0 aliphatic carbocycles. The Bertz CT molecular complexity index is 550. The van der Waals surface area contributed by atoms with Crippen molar-refractivity contribution in [2.75, 3.05) is 50.6 Å². The Morgan fingerprint density at radius 1 is 1.33 bits per heavy atom. The van der Waals surface area contributed by atoms with E-state index < -0.39 is 0 Å². The first-order valence-electron chi connectivity index (χ1n) is 7.21. The van der Waals surface area contributed by atoms with E-state index in [9.17, 15) is 4.79 Å². The molecule has 7 nitrogen and oxygen atoms in total. The predicted octanol–water partition coefficient (Wildman–Crippen LogP) is 0.120. The van der Waals surface area contributed by atoms with Crippen LogP contribution >= 0.6 is 0 Å². The lowest BCUT2D eigenvalue weighted by Crippen LogP contribution is -2.43. The van der Waals surface area contributed by atoms with Crippen molar-refractivity contribution in [3.8, 4) is 0 Å². The van der Waals surface area contributed by atoms with Gasteiger partial charge in [0, 0.05) is 38.9 Å². The van der Waals surface area contributed by atoms with Crippen LogP contribution in [0.1, 0.15) is 5.69 Å². The molecule has 0 radical (unpaired) electrons. The molecular formula is C14H21N5O2. The third kappa shape index (κ3) is 2.65. The van der Waals surface area contributed by atoms with Gasteiger partial charge >= 0.3 is 0 Å². The summed E-state index contributed by atoms with van der Waals surface area (Å²) >= 11 is 0. The quantitative estimate of drug-likeness (QED) is 0.834. The lowest BCUT2D eigenvalue weighted by atomic mass is 10.1. The molecule has 2 saturated heterocycles. The largest absolute Gasteiger partial charge is 0.378 e. The highest BCUT2D eigenvalue weighted by Gasteiger charge is 2.38. The van der Waals surface area contributed by atoms with Crippen molar-refractivity contribution in [3.05, 3.63) is 11.8 Å². The number of nitrogens with one attached hydrogen (secondary N) is 1. The Labute approximate surface area is 124 Å². The molecule has 7 heteroatoms. The molecule has 1 aromatic heterocycles. The number of amides is 1. The van der Waals surface area contributed by atoms with Gasteiger partial charge in [0.2, 0.25) is 11.9 Å². The average Bonchev–Trinajstić information content (AvgIpc) is 2.64. The molecule has 1 aromatic rings. The maximum atomic E-state index is 12.4. The van der Waals surface area contributed by atoms with Crippen molar-refractivity contribution >= 4 is 17.7 Å². The molecule has 3 heterocycles. The van der Waals surface area contributed by atoms with Gasteiger partial charge in [-0.1, -0.05) is 0 Å². The molecule has 114 valence electrons. The van der Waals surface area contributed by atoms with Gasteiger partial charge in [-0.3, -0.25) is 4.79 Å². The van der Waals surface area contributed by atoms with Crippen molar-refractivity contribution < 1.29 is 9.53 Å². The number of aryl methyl sites for hydroxylation is 1. The average molecular weight is 291 g/mol. The van der Waals surface area contributed by atoms with Crippen LogP contribution in [0.4, 0.5) is 11.8 Å². The van der Waals surface area contributed by atoms with E-state index >= 15 is 0 Å². The summed E-state index contributed by atoms with van der Waals surface area (Å²) in [7, 11) is 3.70. The first-order chi connectivity index (χ1) is 10.1. The van der Waals surface area contributed by atoms with Gasteiger partial charge in [-0.05, 0) is 6.92 Å². The normalized spacial score (nSPS) is 25.8. The summed E-state index contributed by atoms with van der Waals surface area (Å²) in [5.41, 5.74) is 0.912. The number of anilines is 2. The molecule has 0 unspecified atom stereocenters. The van der Waals surface area contributed by atoms with Crippen molar-refractivity contribution in [2.45, 2.75) is 13.0 Å². The lowest BCUT2D eigenvalue weighted by molar-refractivity contribution is -0.133. The zero-order valence-electron chi connectivity index (χ0n) is 12.7. The molecule has 1 N–H and O–H groups in total. The fourth-order valence-corrected chi connectivity index (χ4v) is 2.88. The second kappa shape index (κ2) is 5.48. The van der Waals surface area contributed by atoms with Gasteiger partial charge in [0.15, 0.2) is 0 Å². The summed E-state index contributed by atoms with van der Waals surface area (Å²) in [5, 5.41) is 3.05. The van der Waals surface area contributed by atoms with Gasteiger partial charge in [0.25, 0.3) is 0 Å². The Balaban J connectivity index is 1.93. The highest BCUT2D eigenvalue weighted by molar-refractivity contribution is 5.80. The maximum absolute atomic E-state index is 12.4. The Morgan fingerprint density at radius 2 is 2.14 bits per heavy atom. The predicted molar refractivity (Wildman–Crippen MR) is 79.4 cm³/mol. The SMILES string of the molecule is CNc1cc(C)nc(N2C[C@@H]3COC[C@H](C2)N(C)C3=O)n1. The van der Waals surface area contributed by atoms with Gasteiger partial charge in [0.05, 0.1) is 25.2 Å². The van der Waals surface area contributed by atoms with Gasteiger partial charge in [-0.15, -0.1) is 0 Å². The van der Waals surface area contributed by atoms with Crippen LogP contribution in [0.5, 0.6) is 0 Å². The smallest absolute Gasteiger partial charge is 0.229 e. The molecule has 2 aliphatic rings. The Hall–Kier alpha value is -1.89. The number of likely N-dealkylation sites (N-methyl/N-ethyl adjacent to an activating group) is 1. The van der Waals surface area contributed by atoms with Crippen molar-refractivity contribution in [3.63, 3.8) is 0 Å². The monoisotopic (exact) mass is 291 g/mol. The summed E-state index contributed by atoms with van der Waals surface area (Å²) in [5.74, 6) is 1.48. The molecule has 2 bridgehead atoms. The number of carbonyl (C=O) groups excluding carboxylic acids is 1. The second-order valence-corrected chi connectivity index (χ2v) is 5.69. The molecule has 0 aromatic carbocycles. The minimum Gasteiger partial charge on any atom is -0.378 e. The first kappa shape index (κ1) is 14.1. The molecular weight excluding hydrogens is 270 g/mol. The number of hydrogen-bond acceptors (Lipinski definition) is 6. The van der Waals surface area contributed by atoms with Crippen LogP contribution in [0.15, 0.2) is 6.07 Å². The van der Waals surface area contributed by atoms with Crippen LogP contribution in [0.3, 0.4) is 0 Å². The van der Waals surface area contributed by atoms with Gasteiger partial charge < -0.3 is 19.9 Å². The zero-order chi connectivity index (χ0) is 15.0. The third-order valence-electron chi connectivity index (χ3n) is 4.13. The fraction of sp³-hybridized carbons (Fsp3) is 0.643. The van der Waals surface area contributed by atoms with Crippen LogP contribution in [0.25, 0.3) is 0 Å². The Kier molecular flexibility index (Phi) is 3.67. The van der Waals surface area contributed by atoms with Crippen LogP contribution in [-0.2, 0) is 9.53 Å². The molecule has 21 heavy (non-hydrogen) atoms. The number of aromatic nitrogens is 2. The highest BCUT2D eigenvalue weighted by atomic mass is 16.5. The number of ether oxygens (including phenoxy) is 1. The third-order valence-corrected chi connectivity index (χ3v) is 4.13. The maximum Gasteiger partial charge on any atom is 0.229 e. The van der Waals surface area contributed by atoms with E-state index in [2.05, 4.69) is 20.2 Å². The zero-order valence-corrected chi connectivity index (χ0v) is 12.7. The highest BCUT2D eigenvalue weighted by Crippen LogP contribution is 2.23. The van der Waals surface area contributed by atoms with E-state index in [0.717, 1.165) is 11.5 Å². The van der Waals surface area contributed by atoms with Crippen molar-refractivity contribution in [2.24, 2.45) is 5.92 Å². The van der Waals surface area contributed by atoms with Crippen molar-refractivity contribution in [1.82, 2.24) is 14.9 Å². The van der Waals surface area contributed by atoms with E-state index in [4.69, 9.17) is 4.74 Å². The van der Waals surface area contributed by atoms with Gasteiger partial charge in [-0.2, -0.15) is 4.98 Å². The fourth-order valence-electron chi connectivity index (χ4n) is 2.88. The van der Waals surface area contributed by atoms with Crippen LogP contribution in [0, 0.1) is 12.8 Å². The lowest BCUT2D eigenvalue weighted by Gasteiger charge is -2.29. The molecule has 0 saturated carbocycles. The number of carbonyl (C=O) groups is 1. The molecule has 2 aliphatic heterocycles. The summed E-state index contributed by atoms with van der Waals surface area (Å²) in [6.07, 6.45) is 0. The number of nitrogens with zero attached hydrogens (tertiary/aromatic N) is 4. The minimum absolute atomic E-state index is 0.0483. The summed E-state index contributed by atoms with van der Waals surface area (Å²) in [4.78, 5) is 25.3. The van der Waals surface area contributed by atoms with Gasteiger partial charge in [-0.25, -0.2) is 4.98 Å². The Morgan fingerprint density at radius 3 is 2.90 bits per heavy atom. The molecule has 2 atom stereocenters. The van der Waals surface area contributed by atoms with Gasteiger partial charge in [0.1, 0.15) is 5.82 Å². The minimum atomic E-state index is -0.148. The molecule has 2 fully saturated rings. The number of fused-ring (bicyclic) bond motifs is 3. The van der Waals surface area contributed by atoms with Crippen LogP contribution in [0.2, 0.25) is 0 Å². The topological polar surface area (TPSA) is 70.6 Å². The molecule has 0 spiro atoms. The van der Waals surface area contributed by atoms with Crippen LogP contribution in [-0.4, -0.2) is 67.2 Å². The van der Waals surface area contributed by atoms with E-state index in [1.54, 1.807) is 0 Å². The summed E-state index contributed by atoms with van der Waals surface area (Å²) in [6.45, 7) is 4.30. The molecule has 1 amide bonds. The van der Waals surface area contributed by atoms with E-state index in [-0.39, 0.29) is 17.9 Å². The second-order valence-electron chi connectivity index (χ2n) is 5.69. The number of rotatable bonds is 2. The summed E-state index contributed by atoms with van der Waals surface area (Å²) < 4.78 is 5.61. The van der Waals surface area contributed by atoms with E-state index in [0.29, 0.717) is 32.3 Å². The number of hydrogen-bond donors (Lipinski definition) is 1.